The molecule has 0 aliphatic heterocycles. The van der Waals surface area contributed by atoms with Crippen molar-refractivity contribution in [2.75, 3.05) is 6.61 Å². The molecule has 0 saturated carbocycles. The fourth-order valence-corrected chi connectivity index (χ4v) is 2.23. The molecule has 2 heterocycles. The summed E-state index contributed by atoms with van der Waals surface area (Å²) in [6.07, 6.45) is 0.491. The van der Waals surface area contributed by atoms with Crippen molar-refractivity contribution in [3.63, 3.8) is 0 Å². The first kappa shape index (κ1) is 11.8. The van der Waals surface area contributed by atoms with E-state index in [1.165, 1.54) is 4.57 Å². The van der Waals surface area contributed by atoms with E-state index in [0.717, 1.165) is 0 Å². The highest BCUT2D eigenvalue weighted by atomic mass is 127. The third-order valence-electron chi connectivity index (χ3n) is 2.09. The molecule has 8 heteroatoms. The van der Waals surface area contributed by atoms with Crippen molar-refractivity contribution in [2.45, 2.75) is 13.0 Å². The average molecular weight is 355 g/mol. The first-order valence-corrected chi connectivity index (χ1v) is 6.01. The number of hydrogen-bond acceptors (Lipinski definition) is 4. The third kappa shape index (κ3) is 2.06. The molecule has 0 saturated heterocycles. The van der Waals surface area contributed by atoms with Crippen molar-refractivity contribution in [1.29, 1.82) is 0 Å². The summed E-state index contributed by atoms with van der Waals surface area (Å²) in [6, 6.07) is 0. The lowest BCUT2D eigenvalue weighted by Crippen LogP contribution is -2.17. The topological polar surface area (TPSA) is 83.8 Å². The molecule has 0 spiro atoms. The molecule has 0 atom stereocenters. The standard InChI is InChI=1S/C8H8ClIN4O2/c9-5-4-6(13-7(10)12-5)14(2-1-3-15)8(16)11-4/h15H,1-3H2,(H,11,16). The van der Waals surface area contributed by atoms with E-state index in [-0.39, 0.29) is 17.4 Å². The minimum Gasteiger partial charge on any atom is -0.396 e. The van der Waals surface area contributed by atoms with Crippen LogP contribution in [0.15, 0.2) is 4.79 Å². The van der Waals surface area contributed by atoms with Crippen LogP contribution in [0.2, 0.25) is 5.15 Å². The van der Waals surface area contributed by atoms with Crippen molar-refractivity contribution in [1.82, 2.24) is 19.5 Å². The number of hydrogen-bond donors (Lipinski definition) is 2. The largest absolute Gasteiger partial charge is 0.396 e. The van der Waals surface area contributed by atoms with Gasteiger partial charge in [0.25, 0.3) is 0 Å². The number of fused-ring (bicyclic) bond motifs is 1. The fraction of sp³-hybridized carbons (Fsp3) is 0.375. The molecule has 0 fully saturated rings. The van der Waals surface area contributed by atoms with Gasteiger partial charge in [-0.3, -0.25) is 4.57 Å². The zero-order chi connectivity index (χ0) is 11.7. The Morgan fingerprint density at radius 1 is 1.50 bits per heavy atom. The van der Waals surface area contributed by atoms with Gasteiger partial charge in [-0.2, -0.15) is 0 Å². The summed E-state index contributed by atoms with van der Waals surface area (Å²) in [4.78, 5) is 22.3. The maximum atomic E-state index is 11.6. The number of rotatable bonds is 3. The smallest absolute Gasteiger partial charge is 0.327 e. The van der Waals surface area contributed by atoms with E-state index in [2.05, 4.69) is 15.0 Å². The van der Waals surface area contributed by atoms with Crippen molar-refractivity contribution >= 4 is 45.4 Å². The van der Waals surface area contributed by atoms with Gasteiger partial charge in [0.1, 0.15) is 5.52 Å². The summed E-state index contributed by atoms with van der Waals surface area (Å²) in [5, 5.41) is 8.98. The van der Waals surface area contributed by atoms with E-state index in [1.807, 2.05) is 22.6 Å². The Labute approximate surface area is 109 Å². The fourth-order valence-electron chi connectivity index (χ4n) is 1.41. The highest BCUT2D eigenvalue weighted by Crippen LogP contribution is 2.17. The number of aliphatic hydroxyl groups is 1. The quantitative estimate of drug-likeness (QED) is 0.484. The van der Waals surface area contributed by atoms with Crippen molar-refractivity contribution < 1.29 is 5.11 Å². The summed E-state index contributed by atoms with van der Waals surface area (Å²) in [5.74, 6) is 0. The number of aromatic amines is 1. The van der Waals surface area contributed by atoms with Gasteiger partial charge in [-0.15, -0.1) is 0 Å². The molecule has 6 nitrogen and oxygen atoms in total. The molecule has 16 heavy (non-hydrogen) atoms. The van der Waals surface area contributed by atoms with Crippen LogP contribution in [0.1, 0.15) is 6.42 Å². The van der Waals surface area contributed by atoms with Crippen molar-refractivity contribution in [2.24, 2.45) is 0 Å². The van der Waals surface area contributed by atoms with Crippen LogP contribution in [0.25, 0.3) is 11.2 Å². The molecule has 2 aromatic heterocycles. The van der Waals surface area contributed by atoms with Crippen LogP contribution < -0.4 is 5.69 Å². The van der Waals surface area contributed by atoms with Crippen molar-refractivity contribution in [3.05, 3.63) is 19.5 Å². The maximum Gasteiger partial charge on any atom is 0.327 e. The van der Waals surface area contributed by atoms with E-state index in [0.29, 0.717) is 28.0 Å². The molecule has 0 aliphatic carbocycles. The molecular weight excluding hydrogens is 346 g/mol. The van der Waals surface area contributed by atoms with Crippen LogP contribution in [0.3, 0.4) is 0 Å². The van der Waals surface area contributed by atoms with E-state index in [9.17, 15) is 4.79 Å². The predicted molar refractivity (Wildman–Crippen MR) is 67.6 cm³/mol. The normalized spacial score (nSPS) is 11.2. The molecule has 0 aromatic carbocycles. The molecule has 2 N–H and O–H groups in total. The second-order valence-corrected chi connectivity index (χ2v) is 4.46. The molecule has 0 unspecified atom stereocenters. The van der Waals surface area contributed by atoms with Crippen LogP contribution in [0, 0.1) is 3.83 Å². The van der Waals surface area contributed by atoms with E-state index < -0.39 is 0 Å². The van der Waals surface area contributed by atoms with Crippen molar-refractivity contribution in [3.8, 4) is 0 Å². The lowest BCUT2D eigenvalue weighted by molar-refractivity contribution is 0.280. The number of H-pyrrole nitrogens is 1. The second-order valence-electron chi connectivity index (χ2n) is 3.14. The van der Waals surface area contributed by atoms with Gasteiger partial charge in [0.2, 0.25) is 0 Å². The van der Waals surface area contributed by atoms with E-state index in [4.69, 9.17) is 16.7 Å². The monoisotopic (exact) mass is 354 g/mol. The Kier molecular flexibility index (Phi) is 3.45. The van der Waals surface area contributed by atoms with Gasteiger partial charge in [-0.1, -0.05) is 11.6 Å². The molecule has 2 rings (SSSR count). The van der Waals surface area contributed by atoms with Gasteiger partial charge in [0.15, 0.2) is 14.6 Å². The van der Waals surface area contributed by atoms with Crippen LogP contribution in [-0.2, 0) is 6.54 Å². The minimum atomic E-state index is -0.290. The summed E-state index contributed by atoms with van der Waals surface area (Å²) in [5.41, 5.74) is 0.620. The number of nitrogens with one attached hydrogen (secondary N) is 1. The number of imidazole rings is 1. The van der Waals surface area contributed by atoms with Gasteiger partial charge in [0.05, 0.1) is 0 Å². The molecule has 0 aliphatic rings. The minimum absolute atomic E-state index is 0.0228. The Hall–Kier alpha value is -0.670. The SMILES string of the molecule is O=c1[nH]c2c(Cl)nc(I)nc2n1CCCO. The molecule has 86 valence electrons. The molecular formula is C8H8ClIN4O2. The zero-order valence-electron chi connectivity index (χ0n) is 8.07. The molecule has 2 aromatic rings. The number of aryl methyl sites for hydroxylation is 1. The Balaban J connectivity index is 2.64. The first-order valence-electron chi connectivity index (χ1n) is 4.56. The summed E-state index contributed by atoms with van der Waals surface area (Å²) in [7, 11) is 0. The summed E-state index contributed by atoms with van der Waals surface area (Å²) < 4.78 is 1.92. The maximum absolute atomic E-state index is 11.6. The highest BCUT2D eigenvalue weighted by Gasteiger charge is 2.12. The first-order chi connectivity index (χ1) is 7.63. The Bertz CT molecular complexity index is 579. The third-order valence-corrected chi connectivity index (χ3v) is 2.85. The number of nitrogens with zero attached hydrogens (tertiary/aromatic N) is 3. The molecule has 0 radical (unpaired) electrons. The van der Waals surface area contributed by atoms with Crippen LogP contribution in [0.5, 0.6) is 0 Å². The van der Waals surface area contributed by atoms with Gasteiger partial charge < -0.3 is 10.1 Å². The number of aliphatic hydroxyl groups excluding tert-OH is 1. The van der Waals surface area contributed by atoms with Crippen LogP contribution in [-0.4, -0.2) is 31.2 Å². The Morgan fingerprint density at radius 3 is 2.94 bits per heavy atom. The van der Waals surface area contributed by atoms with E-state index >= 15 is 0 Å². The lowest BCUT2D eigenvalue weighted by atomic mass is 10.4. The lowest BCUT2D eigenvalue weighted by Gasteiger charge is -2.00. The average Bonchev–Trinajstić information content (AvgIpc) is 2.53. The van der Waals surface area contributed by atoms with Gasteiger partial charge in [0, 0.05) is 35.7 Å². The number of halogens is 2. The van der Waals surface area contributed by atoms with Crippen LogP contribution >= 0.6 is 34.2 Å². The summed E-state index contributed by atoms with van der Waals surface area (Å²) >= 11 is 7.82. The highest BCUT2D eigenvalue weighted by molar-refractivity contribution is 14.1. The van der Waals surface area contributed by atoms with Gasteiger partial charge in [-0.05, 0) is 6.42 Å². The predicted octanol–water partition coefficient (Wildman–Crippen LogP) is 0.760. The van der Waals surface area contributed by atoms with Crippen LogP contribution in [0.4, 0.5) is 0 Å². The molecule has 0 bridgehead atoms. The van der Waals surface area contributed by atoms with Gasteiger partial charge >= 0.3 is 5.69 Å². The van der Waals surface area contributed by atoms with E-state index in [1.54, 1.807) is 0 Å². The number of aromatic nitrogens is 4. The van der Waals surface area contributed by atoms with Gasteiger partial charge in [-0.25, -0.2) is 14.8 Å². The second kappa shape index (κ2) is 4.68. The zero-order valence-corrected chi connectivity index (χ0v) is 11.0. The summed E-state index contributed by atoms with van der Waals surface area (Å²) in [6.45, 7) is 0.424. The molecule has 0 amide bonds. The Morgan fingerprint density at radius 2 is 2.25 bits per heavy atom.